The highest BCUT2D eigenvalue weighted by Crippen LogP contribution is 2.09. The van der Waals surface area contributed by atoms with E-state index in [1.165, 1.54) is 0 Å². The molecule has 0 aromatic heterocycles. The molecule has 3 heteroatoms. The Morgan fingerprint density at radius 1 is 1.06 bits per heavy atom. The number of rotatable bonds is 8. The molecule has 0 aliphatic heterocycles. The second kappa shape index (κ2) is 8.31. The monoisotopic (exact) mass is 227 g/mol. The van der Waals surface area contributed by atoms with E-state index in [2.05, 4.69) is 19.2 Å². The van der Waals surface area contributed by atoms with E-state index < -0.39 is 0 Å². The van der Waals surface area contributed by atoms with Crippen molar-refractivity contribution in [2.45, 2.75) is 65.8 Å². The van der Waals surface area contributed by atoms with Gasteiger partial charge in [-0.15, -0.1) is 0 Å². The summed E-state index contributed by atoms with van der Waals surface area (Å²) in [5.41, 5.74) is 0. The fourth-order valence-corrected chi connectivity index (χ4v) is 1.66. The van der Waals surface area contributed by atoms with Crippen LogP contribution in [-0.4, -0.2) is 17.7 Å². The molecule has 1 atom stereocenters. The number of carbonyl (C=O) groups is 2. The van der Waals surface area contributed by atoms with Gasteiger partial charge in [0, 0.05) is 12.8 Å². The summed E-state index contributed by atoms with van der Waals surface area (Å²) in [5, 5.41) is 2.85. The van der Waals surface area contributed by atoms with E-state index in [-0.39, 0.29) is 17.7 Å². The third-order valence-corrected chi connectivity index (χ3v) is 2.40. The van der Waals surface area contributed by atoms with Crippen LogP contribution < -0.4 is 5.32 Å². The molecule has 0 saturated carbocycles. The zero-order valence-corrected chi connectivity index (χ0v) is 11.0. The molecule has 0 aliphatic rings. The van der Waals surface area contributed by atoms with Crippen molar-refractivity contribution >= 4 is 11.7 Å². The lowest BCUT2D eigenvalue weighted by atomic mass is 9.97. The Morgan fingerprint density at radius 2 is 1.62 bits per heavy atom. The van der Waals surface area contributed by atoms with Crippen molar-refractivity contribution in [3.63, 3.8) is 0 Å². The van der Waals surface area contributed by atoms with Crippen LogP contribution in [0.2, 0.25) is 0 Å². The van der Waals surface area contributed by atoms with Gasteiger partial charge in [-0.05, 0) is 25.2 Å². The molecular weight excluding hydrogens is 202 g/mol. The smallest absolute Gasteiger partial charge is 0.220 e. The first-order valence-corrected chi connectivity index (χ1v) is 6.33. The molecule has 0 bridgehead atoms. The highest BCUT2D eigenvalue weighted by atomic mass is 16.2. The van der Waals surface area contributed by atoms with Crippen LogP contribution in [0.3, 0.4) is 0 Å². The molecule has 0 saturated heterocycles. The van der Waals surface area contributed by atoms with Crippen LogP contribution in [0, 0.1) is 5.92 Å². The van der Waals surface area contributed by atoms with Crippen LogP contribution in [0.1, 0.15) is 59.8 Å². The number of nitrogens with one attached hydrogen (secondary N) is 1. The summed E-state index contributed by atoms with van der Waals surface area (Å²) in [6.07, 6.45) is 3.48. The third kappa shape index (κ3) is 6.59. The second-order valence-electron chi connectivity index (χ2n) is 4.72. The molecule has 3 nitrogen and oxygen atoms in total. The number of ketones is 1. The molecule has 1 N–H and O–H groups in total. The number of hydrogen-bond donors (Lipinski definition) is 1. The first-order chi connectivity index (χ1) is 7.51. The lowest BCUT2D eigenvalue weighted by Crippen LogP contribution is -2.41. The number of Topliss-reactive ketones (excluding diaryl/α,β-unsaturated/α-hetero) is 1. The lowest BCUT2D eigenvalue weighted by Gasteiger charge is -2.19. The summed E-state index contributed by atoms with van der Waals surface area (Å²) in [6, 6.07) is -0.279. The molecule has 94 valence electrons. The van der Waals surface area contributed by atoms with Gasteiger partial charge in [-0.2, -0.15) is 0 Å². The van der Waals surface area contributed by atoms with Crippen molar-refractivity contribution in [2.24, 2.45) is 5.92 Å². The zero-order chi connectivity index (χ0) is 12.6. The van der Waals surface area contributed by atoms with Gasteiger partial charge in [-0.3, -0.25) is 9.59 Å². The Kier molecular flexibility index (Phi) is 7.86. The van der Waals surface area contributed by atoms with E-state index in [0.717, 1.165) is 19.3 Å². The van der Waals surface area contributed by atoms with Gasteiger partial charge in [0.25, 0.3) is 0 Å². The molecule has 1 amide bonds. The Balaban J connectivity index is 4.30. The molecule has 0 rings (SSSR count). The average molecular weight is 227 g/mol. The summed E-state index contributed by atoms with van der Waals surface area (Å²) < 4.78 is 0. The van der Waals surface area contributed by atoms with E-state index in [1.54, 1.807) is 0 Å². The van der Waals surface area contributed by atoms with Crippen LogP contribution >= 0.6 is 0 Å². The SMILES string of the molecule is CCCC(=O)NC(CC(C)C)C(=O)CCC. The van der Waals surface area contributed by atoms with Gasteiger partial charge in [0.05, 0.1) is 6.04 Å². The number of carbonyl (C=O) groups excluding carboxylic acids is 2. The van der Waals surface area contributed by atoms with Crippen molar-refractivity contribution in [3.8, 4) is 0 Å². The van der Waals surface area contributed by atoms with Crippen LogP contribution in [0.25, 0.3) is 0 Å². The van der Waals surface area contributed by atoms with Crippen LogP contribution in [-0.2, 0) is 9.59 Å². The Bertz CT molecular complexity index is 224. The summed E-state index contributed by atoms with van der Waals surface area (Å²) in [7, 11) is 0. The van der Waals surface area contributed by atoms with Gasteiger partial charge >= 0.3 is 0 Å². The number of hydrogen-bond acceptors (Lipinski definition) is 2. The highest BCUT2D eigenvalue weighted by Gasteiger charge is 2.20. The normalized spacial score (nSPS) is 12.6. The van der Waals surface area contributed by atoms with E-state index in [0.29, 0.717) is 18.8 Å². The first kappa shape index (κ1) is 15.1. The third-order valence-electron chi connectivity index (χ3n) is 2.40. The van der Waals surface area contributed by atoms with Crippen LogP contribution in [0.4, 0.5) is 0 Å². The van der Waals surface area contributed by atoms with E-state index in [4.69, 9.17) is 0 Å². The Labute approximate surface area is 99.0 Å². The molecule has 0 radical (unpaired) electrons. The quantitative estimate of drug-likeness (QED) is 0.693. The summed E-state index contributed by atoms with van der Waals surface area (Å²) in [5.74, 6) is 0.589. The summed E-state index contributed by atoms with van der Waals surface area (Å²) in [4.78, 5) is 23.3. The minimum atomic E-state index is -0.279. The highest BCUT2D eigenvalue weighted by molar-refractivity contribution is 5.88. The molecule has 0 heterocycles. The topological polar surface area (TPSA) is 46.2 Å². The second-order valence-corrected chi connectivity index (χ2v) is 4.72. The minimum absolute atomic E-state index is 0.00222. The predicted octanol–water partition coefficient (Wildman–Crippen LogP) is 2.69. The van der Waals surface area contributed by atoms with Gasteiger partial charge in [0.2, 0.25) is 5.91 Å². The molecule has 0 aromatic rings. The molecule has 16 heavy (non-hydrogen) atoms. The fourth-order valence-electron chi connectivity index (χ4n) is 1.66. The molecule has 1 unspecified atom stereocenters. The predicted molar refractivity (Wildman–Crippen MR) is 66.2 cm³/mol. The molecule has 0 aliphatic carbocycles. The van der Waals surface area contributed by atoms with Gasteiger partial charge < -0.3 is 5.32 Å². The summed E-state index contributed by atoms with van der Waals surface area (Å²) in [6.45, 7) is 8.08. The maximum Gasteiger partial charge on any atom is 0.220 e. The summed E-state index contributed by atoms with van der Waals surface area (Å²) >= 11 is 0. The maximum absolute atomic E-state index is 11.8. The van der Waals surface area contributed by atoms with Crippen LogP contribution in [0.5, 0.6) is 0 Å². The standard InChI is InChI=1S/C13H25NO2/c1-5-7-12(15)11(9-10(3)4)14-13(16)8-6-2/h10-11H,5-9H2,1-4H3,(H,14,16). The van der Waals surface area contributed by atoms with E-state index in [9.17, 15) is 9.59 Å². The first-order valence-electron chi connectivity index (χ1n) is 6.33. The molecule has 0 aromatic carbocycles. The van der Waals surface area contributed by atoms with Gasteiger partial charge in [-0.25, -0.2) is 0 Å². The van der Waals surface area contributed by atoms with Crippen molar-refractivity contribution in [1.29, 1.82) is 0 Å². The van der Waals surface area contributed by atoms with Crippen molar-refractivity contribution in [1.82, 2.24) is 5.32 Å². The van der Waals surface area contributed by atoms with Crippen molar-refractivity contribution < 1.29 is 9.59 Å². The Morgan fingerprint density at radius 3 is 2.06 bits per heavy atom. The number of amides is 1. The Hall–Kier alpha value is -0.860. The van der Waals surface area contributed by atoms with E-state index >= 15 is 0 Å². The zero-order valence-electron chi connectivity index (χ0n) is 11.0. The average Bonchev–Trinajstić information content (AvgIpc) is 2.16. The molecule has 0 fully saturated rings. The van der Waals surface area contributed by atoms with Crippen molar-refractivity contribution in [3.05, 3.63) is 0 Å². The largest absolute Gasteiger partial charge is 0.346 e. The minimum Gasteiger partial charge on any atom is -0.346 e. The van der Waals surface area contributed by atoms with E-state index in [1.807, 2.05) is 13.8 Å². The lowest BCUT2D eigenvalue weighted by molar-refractivity contribution is -0.128. The molecule has 0 spiro atoms. The maximum atomic E-state index is 11.8. The van der Waals surface area contributed by atoms with Gasteiger partial charge in [0.15, 0.2) is 5.78 Å². The fraction of sp³-hybridized carbons (Fsp3) is 0.846. The van der Waals surface area contributed by atoms with Gasteiger partial charge in [-0.1, -0.05) is 27.7 Å². The van der Waals surface area contributed by atoms with Crippen LogP contribution in [0.15, 0.2) is 0 Å². The van der Waals surface area contributed by atoms with Crippen molar-refractivity contribution in [2.75, 3.05) is 0 Å². The van der Waals surface area contributed by atoms with Gasteiger partial charge in [0.1, 0.15) is 0 Å². The molecular formula is C13H25NO2.